The summed E-state index contributed by atoms with van der Waals surface area (Å²) >= 11 is 0. The molecule has 0 unspecified atom stereocenters. The van der Waals surface area contributed by atoms with Crippen LogP contribution < -0.4 is 0 Å². The summed E-state index contributed by atoms with van der Waals surface area (Å²) in [7, 11) is 1.54. The molecule has 0 radical (unpaired) electrons. The minimum atomic E-state index is -0.274. The van der Waals surface area contributed by atoms with Gasteiger partial charge in [0.15, 0.2) is 0 Å². The Balaban J connectivity index is 1.56. The summed E-state index contributed by atoms with van der Waals surface area (Å²) < 4.78 is 0. The van der Waals surface area contributed by atoms with Crippen LogP contribution in [0.4, 0.5) is 0 Å². The zero-order chi connectivity index (χ0) is 22.1. The molecule has 2 amide bonds. The van der Waals surface area contributed by atoms with E-state index in [0.717, 1.165) is 33.4 Å². The monoisotopic (exact) mass is 415 g/mol. The largest absolute Gasteiger partial charge is 0.277 e. The van der Waals surface area contributed by atoms with E-state index in [9.17, 15) is 9.59 Å². The van der Waals surface area contributed by atoms with Crippen LogP contribution in [0.1, 0.15) is 11.1 Å². The smallest absolute Gasteiger partial charge is 0.261 e. The minimum absolute atomic E-state index is 0.274. The lowest BCUT2D eigenvalue weighted by atomic mass is 9.93. The summed E-state index contributed by atoms with van der Waals surface area (Å²) in [5.41, 5.74) is 6.73. The van der Waals surface area contributed by atoms with Gasteiger partial charge >= 0.3 is 0 Å². The van der Waals surface area contributed by atoms with Crippen LogP contribution in [0, 0.1) is 0 Å². The number of carbonyl (C=O) groups is 2. The van der Waals surface area contributed by atoms with Gasteiger partial charge in [0.2, 0.25) is 0 Å². The first-order chi connectivity index (χ1) is 15.6. The van der Waals surface area contributed by atoms with Crippen molar-refractivity contribution in [1.82, 2.24) is 4.90 Å². The van der Waals surface area contributed by atoms with Gasteiger partial charge in [0.05, 0.1) is 11.1 Å². The van der Waals surface area contributed by atoms with Crippen LogP contribution >= 0.6 is 0 Å². The average molecular weight is 415 g/mol. The van der Waals surface area contributed by atoms with E-state index in [2.05, 4.69) is 0 Å². The molecule has 3 heteroatoms. The first-order valence-corrected chi connectivity index (χ1v) is 10.5. The van der Waals surface area contributed by atoms with Crippen LogP contribution in [-0.4, -0.2) is 23.8 Å². The zero-order valence-corrected chi connectivity index (χ0v) is 17.7. The second-order valence-corrected chi connectivity index (χ2v) is 7.81. The topological polar surface area (TPSA) is 37.4 Å². The van der Waals surface area contributed by atoms with Crippen molar-refractivity contribution < 1.29 is 9.59 Å². The Labute approximate surface area is 187 Å². The highest BCUT2D eigenvalue weighted by Crippen LogP contribution is 2.36. The number of hydrogen-bond acceptors (Lipinski definition) is 2. The van der Waals surface area contributed by atoms with E-state index in [-0.39, 0.29) is 11.8 Å². The normalized spacial score (nSPS) is 13.7. The Hall–Kier alpha value is -4.24. The highest BCUT2D eigenvalue weighted by atomic mass is 16.2. The third kappa shape index (κ3) is 3.44. The van der Waals surface area contributed by atoms with Crippen LogP contribution in [0.15, 0.2) is 109 Å². The lowest BCUT2D eigenvalue weighted by molar-refractivity contribution is -0.134. The quantitative estimate of drug-likeness (QED) is 0.388. The third-order valence-corrected chi connectivity index (χ3v) is 5.85. The number of benzene rings is 4. The highest BCUT2D eigenvalue weighted by Gasteiger charge is 2.37. The number of rotatable bonds is 4. The van der Waals surface area contributed by atoms with Crippen molar-refractivity contribution in [3.63, 3.8) is 0 Å². The van der Waals surface area contributed by atoms with Crippen LogP contribution in [0.3, 0.4) is 0 Å². The van der Waals surface area contributed by atoms with Crippen molar-refractivity contribution in [3.8, 4) is 22.3 Å². The van der Waals surface area contributed by atoms with Crippen LogP contribution in [0.2, 0.25) is 0 Å². The van der Waals surface area contributed by atoms with Crippen molar-refractivity contribution in [1.29, 1.82) is 0 Å². The summed E-state index contributed by atoms with van der Waals surface area (Å²) in [6, 6.07) is 35.8. The number of nitrogens with zero attached hydrogens (tertiary/aromatic N) is 1. The van der Waals surface area contributed by atoms with Gasteiger partial charge in [-0.3, -0.25) is 14.5 Å². The molecule has 0 saturated heterocycles. The summed E-state index contributed by atoms with van der Waals surface area (Å²) in [6.45, 7) is 0. The summed E-state index contributed by atoms with van der Waals surface area (Å²) in [4.78, 5) is 27.2. The molecule has 0 fully saturated rings. The minimum Gasteiger partial charge on any atom is -0.277 e. The predicted molar refractivity (Wildman–Crippen MR) is 128 cm³/mol. The van der Waals surface area contributed by atoms with Crippen molar-refractivity contribution in [2.75, 3.05) is 7.05 Å². The molecule has 0 aliphatic carbocycles. The molecule has 154 valence electrons. The summed E-state index contributed by atoms with van der Waals surface area (Å²) in [5.74, 6) is -0.547. The standard InChI is InChI=1S/C29H21NO2/c1-30-28(31)26(24-16-12-22(13-17-24)20-8-4-2-5-9-20)27(29(30)32)25-18-14-23(15-19-25)21-10-6-3-7-11-21/h2-19H,1H3. The molecule has 0 aromatic heterocycles. The van der Waals surface area contributed by atoms with Crippen molar-refractivity contribution >= 4 is 23.0 Å². The maximum Gasteiger partial charge on any atom is 0.261 e. The van der Waals surface area contributed by atoms with Gasteiger partial charge in [-0.25, -0.2) is 0 Å². The van der Waals surface area contributed by atoms with E-state index in [1.165, 1.54) is 11.9 Å². The van der Waals surface area contributed by atoms with Crippen LogP contribution in [-0.2, 0) is 9.59 Å². The van der Waals surface area contributed by atoms with E-state index in [1.54, 1.807) is 0 Å². The molecule has 5 rings (SSSR count). The number of amides is 2. The lowest BCUT2D eigenvalue weighted by Gasteiger charge is -2.08. The molecule has 0 spiro atoms. The molecule has 32 heavy (non-hydrogen) atoms. The number of imide groups is 1. The van der Waals surface area contributed by atoms with Gasteiger partial charge in [0, 0.05) is 7.05 Å². The lowest BCUT2D eigenvalue weighted by Crippen LogP contribution is -2.26. The predicted octanol–water partition coefficient (Wildman–Crippen LogP) is 5.93. The molecular weight excluding hydrogens is 394 g/mol. The number of hydrogen-bond donors (Lipinski definition) is 0. The van der Waals surface area contributed by atoms with Gasteiger partial charge < -0.3 is 0 Å². The van der Waals surface area contributed by atoms with Crippen molar-refractivity contribution in [2.24, 2.45) is 0 Å². The Morgan fingerprint density at radius 3 is 1.03 bits per heavy atom. The molecule has 0 atom stereocenters. The van der Waals surface area contributed by atoms with E-state index in [0.29, 0.717) is 11.1 Å². The number of likely N-dealkylation sites (N-methyl/N-ethyl adjacent to an activating group) is 1. The van der Waals surface area contributed by atoms with Gasteiger partial charge in [-0.2, -0.15) is 0 Å². The fourth-order valence-electron chi connectivity index (χ4n) is 4.10. The van der Waals surface area contributed by atoms with E-state index < -0.39 is 0 Å². The fourth-order valence-corrected chi connectivity index (χ4v) is 4.10. The van der Waals surface area contributed by atoms with E-state index in [4.69, 9.17) is 0 Å². The van der Waals surface area contributed by atoms with Crippen LogP contribution in [0.5, 0.6) is 0 Å². The van der Waals surface area contributed by atoms with Gasteiger partial charge in [-0.15, -0.1) is 0 Å². The Morgan fingerprint density at radius 1 is 0.406 bits per heavy atom. The van der Waals surface area contributed by atoms with Crippen molar-refractivity contribution in [2.45, 2.75) is 0 Å². The van der Waals surface area contributed by atoms with E-state index >= 15 is 0 Å². The maximum absolute atomic E-state index is 13.0. The summed E-state index contributed by atoms with van der Waals surface area (Å²) in [6.07, 6.45) is 0. The molecular formula is C29H21NO2. The van der Waals surface area contributed by atoms with Gasteiger partial charge in [0.25, 0.3) is 11.8 Å². The highest BCUT2D eigenvalue weighted by molar-refractivity contribution is 6.48. The summed E-state index contributed by atoms with van der Waals surface area (Å²) in [5, 5.41) is 0. The first kappa shape index (κ1) is 19.7. The molecule has 0 saturated carbocycles. The second-order valence-electron chi connectivity index (χ2n) is 7.81. The van der Waals surface area contributed by atoms with Crippen molar-refractivity contribution in [3.05, 3.63) is 120 Å². The molecule has 4 aromatic rings. The Morgan fingerprint density at radius 2 is 0.688 bits per heavy atom. The molecule has 0 N–H and O–H groups in total. The number of carbonyl (C=O) groups excluding carboxylic acids is 2. The molecule has 0 bridgehead atoms. The average Bonchev–Trinajstić information content (AvgIpc) is 3.09. The molecule has 1 aliphatic rings. The maximum atomic E-state index is 13.0. The van der Waals surface area contributed by atoms with Gasteiger partial charge in [-0.1, -0.05) is 109 Å². The van der Waals surface area contributed by atoms with Gasteiger partial charge in [0.1, 0.15) is 0 Å². The second kappa shape index (κ2) is 8.12. The molecule has 4 aromatic carbocycles. The van der Waals surface area contributed by atoms with E-state index in [1.807, 2.05) is 109 Å². The Bertz CT molecular complexity index is 1210. The Kier molecular flexibility index (Phi) is 5.00. The molecule has 1 aliphatic heterocycles. The zero-order valence-electron chi connectivity index (χ0n) is 17.7. The van der Waals surface area contributed by atoms with Crippen LogP contribution in [0.25, 0.3) is 33.4 Å². The third-order valence-electron chi connectivity index (χ3n) is 5.85. The molecule has 1 heterocycles. The van der Waals surface area contributed by atoms with Gasteiger partial charge in [-0.05, 0) is 33.4 Å². The molecule has 3 nitrogen and oxygen atoms in total. The fraction of sp³-hybridized carbons (Fsp3) is 0.0345. The SMILES string of the molecule is CN1C(=O)C(c2ccc(-c3ccccc3)cc2)=C(c2ccc(-c3ccccc3)cc2)C1=O. The first-order valence-electron chi connectivity index (χ1n) is 10.5.